The number of halogens is 3. The molecule has 1 fully saturated rings. The Labute approximate surface area is 192 Å². The molecule has 1 aliphatic heterocycles. The lowest BCUT2D eigenvalue weighted by atomic mass is 9.83. The Kier molecular flexibility index (Phi) is 7.14. The molecule has 172 valence electrons. The van der Waals surface area contributed by atoms with E-state index in [0.717, 1.165) is 17.2 Å². The largest absolute Gasteiger partial charge is 0.341 e. The molecule has 2 atom stereocenters. The Hall–Kier alpha value is -3.12. The topological polar surface area (TPSA) is 23.6 Å². The third kappa shape index (κ3) is 5.82. The molecular weight excluding hydrogens is 425 g/mol. The predicted molar refractivity (Wildman–Crippen MR) is 122 cm³/mol. The van der Waals surface area contributed by atoms with Crippen molar-refractivity contribution < 1.29 is 18.0 Å². The fourth-order valence-corrected chi connectivity index (χ4v) is 4.61. The highest BCUT2D eigenvalue weighted by Crippen LogP contribution is 2.32. The fraction of sp³-hybridized carbons (Fsp3) is 0.296. The monoisotopic (exact) mass is 452 g/mol. The maximum Gasteiger partial charge on any atom is 0.227 e. The zero-order valence-corrected chi connectivity index (χ0v) is 18.6. The van der Waals surface area contributed by atoms with Crippen LogP contribution in [0.3, 0.4) is 0 Å². The van der Waals surface area contributed by atoms with Crippen LogP contribution in [0.25, 0.3) is 0 Å². The number of nitrogens with zero attached hydrogens (tertiary/aromatic N) is 2. The van der Waals surface area contributed by atoms with Crippen molar-refractivity contribution in [2.24, 2.45) is 5.92 Å². The van der Waals surface area contributed by atoms with E-state index in [1.807, 2.05) is 35.2 Å². The first-order chi connectivity index (χ1) is 15.9. The van der Waals surface area contributed by atoms with Crippen molar-refractivity contribution in [3.8, 4) is 0 Å². The molecule has 4 rings (SSSR count). The maximum atomic E-state index is 14.3. The lowest BCUT2D eigenvalue weighted by Crippen LogP contribution is -2.45. The summed E-state index contributed by atoms with van der Waals surface area (Å²) in [5, 5.41) is 0. The Balaban J connectivity index is 1.54. The van der Waals surface area contributed by atoms with E-state index >= 15 is 0 Å². The van der Waals surface area contributed by atoms with Gasteiger partial charge in [-0.2, -0.15) is 0 Å². The van der Waals surface area contributed by atoms with Crippen LogP contribution in [0, 0.1) is 23.4 Å². The number of benzene rings is 3. The number of hydrogen-bond donors (Lipinski definition) is 0. The van der Waals surface area contributed by atoms with Gasteiger partial charge in [-0.25, -0.2) is 13.2 Å². The predicted octanol–water partition coefficient (Wildman–Crippen LogP) is 5.37. The average Bonchev–Trinajstić information content (AvgIpc) is 2.81. The van der Waals surface area contributed by atoms with E-state index in [-0.39, 0.29) is 30.1 Å². The van der Waals surface area contributed by atoms with Gasteiger partial charge in [-0.1, -0.05) is 48.5 Å². The summed E-state index contributed by atoms with van der Waals surface area (Å²) in [5.74, 6) is -1.78. The molecule has 1 saturated heterocycles. The summed E-state index contributed by atoms with van der Waals surface area (Å²) < 4.78 is 41.1. The molecule has 1 heterocycles. The number of piperidine rings is 1. The first-order valence-corrected chi connectivity index (χ1v) is 11.1. The highest BCUT2D eigenvalue weighted by Gasteiger charge is 2.34. The Morgan fingerprint density at radius 2 is 1.64 bits per heavy atom. The number of amides is 1. The summed E-state index contributed by atoms with van der Waals surface area (Å²) in [7, 11) is 1.79. The van der Waals surface area contributed by atoms with Crippen LogP contribution in [0.1, 0.15) is 29.0 Å². The molecule has 1 amide bonds. The molecule has 0 aromatic heterocycles. The van der Waals surface area contributed by atoms with E-state index in [0.29, 0.717) is 31.6 Å². The van der Waals surface area contributed by atoms with E-state index in [9.17, 15) is 18.0 Å². The van der Waals surface area contributed by atoms with Crippen molar-refractivity contribution in [2.75, 3.05) is 20.1 Å². The Bertz CT molecular complexity index is 1090. The molecule has 0 spiro atoms. The van der Waals surface area contributed by atoms with Gasteiger partial charge >= 0.3 is 0 Å². The molecule has 0 saturated carbocycles. The van der Waals surface area contributed by atoms with Crippen LogP contribution in [0.15, 0.2) is 72.8 Å². The molecule has 3 aromatic rings. The third-order valence-corrected chi connectivity index (χ3v) is 6.26. The van der Waals surface area contributed by atoms with Gasteiger partial charge in [0.2, 0.25) is 5.91 Å². The summed E-state index contributed by atoms with van der Waals surface area (Å²) in [5.41, 5.74) is 2.38. The minimum atomic E-state index is -0.616. The summed E-state index contributed by atoms with van der Waals surface area (Å²) in [6, 6.07) is 19.7. The highest BCUT2D eigenvalue weighted by atomic mass is 19.1. The molecule has 2 unspecified atom stereocenters. The molecule has 3 nitrogen and oxygen atoms in total. The number of likely N-dealkylation sites (tertiary alicyclic amines) is 1. The van der Waals surface area contributed by atoms with Crippen molar-refractivity contribution in [1.82, 2.24) is 9.80 Å². The number of carbonyl (C=O) groups is 1. The van der Waals surface area contributed by atoms with Gasteiger partial charge in [0.1, 0.15) is 17.5 Å². The normalized spacial score (nSPS) is 18.8. The lowest BCUT2D eigenvalue weighted by Gasteiger charge is -2.39. The minimum absolute atomic E-state index is 0.00179. The van der Waals surface area contributed by atoms with Crippen LogP contribution in [-0.4, -0.2) is 35.8 Å². The van der Waals surface area contributed by atoms with E-state index < -0.39 is 11.6 Å². The van der Waals surface area contributed by atoms with Crippen LogP contribution in [0.4, 0.5) is 13.2 Å². The molecule has 6 heteroatoms. The number of hydrogen-bond acceptors (Lipinski definition) is 2. The lowest BCUT2D eigenvalue weighted by molar-refractivity contribution is -0.137. The van der Waals surface area contributed by atoms with Crippen molar-refractivity contribution >= 4 is 5.91 Å². The van der Waals surface area contributed by atoms with Gasteiger partial charge in [0.15, 0.2) is 0 Å². The van der Waals surface area contributed by atoms with Gasteiger partial charge in [0.25, 0.3) is 0 Å². The third-order valence-electron chi connectivity index (χ3n) is 6.26. The zero-order valence-electron chi connectivity index (χ0n) is 18.6. The van der Waals surface area contributed by atoms with Crippen LogP contribution in [-0.2, 0) is 17.9 Å². The van der Waals surface area contributed by atoms with Crippen LogP contribution in [0.5, 0.6) is 0 Å². The quantitative estimate of drug-likeness (QED) is 0.502. The van der Waals surface area contributed by atoms with E-state index in [1.165, 1.54) is 24.3 Å². The van der Waals surface area contributed by atoms with Crippen molar-refractivity contribution in [2.45, 2.75) is 25.4 Å². The van der Waals surface area contributed by atoms with Gasteiger partial charge < -0.3 is 4.90 Å². The minimum Gasteiger partial charge on any atom is -0.341 e. The first kappa shape index (κ1) is 23.1. The Morgan fingerprint density at radius 1 is 0.939 bits per heavy atom. The standard InChI is InChI=1S/C27H27F3N2O/c1-31(15-19-5-3-2-4-6-19)27(33)23-13-22(20-7-10-24(28)11-8-20)17-32(18-23)16-21-9-12-25(29)14-26(21)30/h2-12,14,22-23H,13,15-18H2,1H3. The van der Waals surface area contributed by atoms with Crippen LogP contribution < -0.4 is 0 Å². The fourth-order valence-electron chi connectivity index (χ4n) is 4.61. The average molecular weight is 453 g/mol. The van der Waals surface area contributed by atoms with Gasteiger partial charge in [-0.15, -0.1) is 0 Å². The summed E-state index contributed by atoms with van der Waals surface area (Å²) >= 11 is 0. The molecular formula is C27H27F3N2O. The summed E-state index contributed by atoms with van der Waals surface area (Å²) in [6.45, 7) is 1.86. The van der Waals surface area contributed by atoms with Crippen LogP contribution >= 0.6 is 0 Å². The Morgan fingerprint density at radius 3 is 2.33 bits per heavy atom. The van der Waals surface area contributed by atoms with Crippen LogP contribution in [0.2, 0.25) is 0 Å². The first-order valence-electron chi connectivity index (χ1n) is 11.1. The van der Waals surface area contributed by atoms with Gasteiger partial charge in [0, 0.05) is 44.9 Å². The number of rotatable bonds is 6. The van der Waals surface area contributed by atoms with Crippen molar-refractivity contribution in [1.29, 1.82) is 0 Å². The molecule has 3 aromatic carbocycles. The second kappa shape index (κ2) is 10.2. The second-order valence-corrected chi connectivity index (χ2v) is 8.79. The molecule has 33 heavy (non-hydrogen) atoms. The van der Waals surface area contributed by atoms with Crippen molar-refractivity contribution in [3.05, 3.63) is 107 Å². The molecule has 0 N–H and O–H groups in total. The second-order valence-electron chi connectivity index (χ2n) is 8.79. The maximum absolute atomic E-state index is 14.3. The molecule has 1 aliphatic rings. The molecule has 0 bridgehead atoms. The summed E-state index contributed by atoms with van der Waals surface area (Å²) in [6.07, 6.45) is 0.631. The highest BCUT2D eigenvalue weighted by molar-refractivity contribution is 5.79. The van der Waals surface area contributed by atoms with Crippen molar-refractivity contribution in [3.63, 3.8) is 0 Å². The van der Waals surface area contributed by atoms with E-state index in [1.54, 1.807) is 24.1 Å². The molecule has 0 aliphatic carbocycles. The SMILES string of the molecule is CN(Cc1ccccc1)C(=O)C1CC(c2ccc(F)cc2)CN(Cc2ccc(F)cc2F)C1. The smallest absolute Gasteiger partial charge is 0.227 e. The van der Waals surface area contributed by atoms with Gasteiger partial charge in [-0.3, -0.25) is 9.69 Å². The number of carbonyl (C=O) groups excluding carboxylic acids is 1. The van der Waals surface area contributed by atoms with Gasteiger partial charge in [0.05, 0.1) is 5.92 Å². The van der Waals surface area contributed by atoms with Gasteiger partial charge in [-0.05, 0) is 41.7 Å². The zero-order chi connectivity index (χ0) is 23.4. The molecule has 0 radical (unpaired) electrons. The van der Waals surface area contributed by atoms with E-state index in [2.05, 4.69) is 0 Å². The van der Waals surface area contributed by atoms with E-state index in [4.69, 9.17) is 0 Å². The summed E-state index contributed by atoms with van der Waals surface area (Å²) in [4.78, 5) is 17.1.